The van der Waals surface area contributed by atoms with Crippen molar-refractivity contribution in [2.45, 2.75) is 44.5 Å². The molecule has 2 atom stereocenters. The molecule has 1 heterocycles. The summed E-state index contributed by atoms with van der Waals surface area (Å²) in [5, 5.41) is 9.86. The van der Waals surface area contributed by atoms with E-state index >= 15 is 0 Å². The number of likely N-dealkylation sites (N-methyl/N-ethyl adjacent to an activating group) is 1. The van der Waals surface area contributed by atoms with E-state index in [4.69, 9.17) is 4.74 Å². The van der Waals surface area contributed by atoms with E-state index in [1.54, 1.807) is 0 Å². The van der Waals surface area contributed by atoms with Gasteiger partial charge in [-0.2, -0.15) is 0 Å². The molecule has 0 saturated carbocycles. The molecule has 0 aromatic carbocycles. The van der Waals surface area contributed by atoms with Gasteiger partial charge in [-0.3, -0.25) is 0 Å². The first-order chi connectivity index (χ1) is 6.04. The van der Waals surface area contributed by atoms with Gasteiger partial charge in [-0.25, -0.2) is 0 Å². The first-order valence-corrected chi connectivity index (χ1v) is 5.23. The van der Waals surface area contributed by atoms with Gasteiger partial charge in [-0.1, -0.05) is 0 Å². The summed E-state index contributed by atoms with van der Waals surface area (Å²) >= 11 is 0. The van der Waals surface area contributed by atoms with Crippen molar-refractivity contribution in [1.82, 2.24) is 0 Å². The minimum atomic E-state index is -0.399. The van der Waals surface area contributed by atoms with Crippen LogP contribution >= 0.6 is 0 Å². The molecule has 1 saturated heterocycles. The number of rotatable bonds is 2. The van der Waals surface area contributed by atoms with Crippen LogP contribution in [0.4, 0.5) is 0 Å². The van der Waals surface area contributed by atoms with E-state index in [0.29, 0.717) is 0 Å². The zero-order chi connectivity index (χ0) is 11.2. The van der Waals surface area contributed by atoms with E-state index < -0.39 is 5.60 Å². The van der Waals surface area contributed by atoms with Crippen LogP contribution in [0.15, 0.2) is 0 Å². The van der Waals surface area contributed by atoms with Crippen molar-refractivity contribution in [1.29, 1.82) is 0 Å². The van der Waals surface area contributed by atoms with E-state index in [1.165, 1.54) is 0 Å². The lowest BCUT2D eigenvalue weighted by Crippen LogP contribution is -2.48. The summed E-state index contributed by atoms with van der Waals surface area (Å²) in [6.45, 7) is 6.93. The van der Waals surface area contributed by atoms with E-state index in [9.17, 15) is 5.11 Å². The van der Waals surface area contributed by atoms with Gasteiger partial charge in [0.2, 0.25) is 0 Å². The minimum Gasteiger partial charge on any atom is -0.390 e. The van der Waals surface area contributed by atoms with Crippen LogP contribution in [0.5, 0.6) is 0 Å². The molecule has 0 spiro atoms. The predicted molar refractivity (Wildman–Crippen MR) is 57.1 cm³/mol. The van der Waals surface area contributed by atoms with E-state index in [0.717, 1.165) is 17.4 Å². The molecular weight excluding hydrogens is 178 g/mol. The molecule has 1 N–H and O–H groups in total. The van der Waals surface area contributed by atoms with E-state index in [2.05, 4.69) is 28.1 Å². The number of ether oxygens (including phenoxy) is 1. The van der Waals surface area contributed by atoms with Gasteiger partial charge in [0.05, 0.1) is 32.8 Å². The van der Waals surface area contributed by atoms with Crippen molar-refractivity contribution in [2.24, 2.45) is 0 Å². The standard InChI is InChI=1S/C11H24NO2/c1-10(2)9(13)7-11(3,14-10)8-12(4,5)6/h9,13H,7-8H2,1-6H3/q+1. The van der Waals surface area contributed by atoms with Crippen molar-refractivity contribution in [2.75, 3.05) is 27.7 Å². The van der Waals surface area contributed by atoms with Gasteiger partial charge in [0, 0.05) is 6.42 Å². The summed E-state index contributed by atoms with van der Waals surface area (Å²) in [4.78, 5) is 0. The Morgan fingerprint density at radius 1 is 1.29 bits per heavy atom. The van der Waals surface area contributed by atoms with Gasteiger partial charge in [-0.05, 0) is 20.8 Å². The first-order valence-electron chi connectivity index (χ1n) is 5.23. The van der Waals surface area contributed by atoms with Crippen molar-refractivity contribution < 1.29 is 14.3 Å². The number of aliphatic hydroxyl groups excluding tert-OH is 1. The molecule has 1 rings (SSSR count). The summed E-state index contributed by atoms with van der Waals surface area (Å²) in [6.07, 6.45) is 0.384. The molecule has 0 amide bonds. The Morgan fingerprint density at radius 2 is 1.79 bits per heavy atom. The van der Waals surface area contributed by atoms with Gasteiger partial charge in [0.15, 0.2) is 0 Å². The fraction of sp³-hybridized carbons (Fsp3) is 1.00. The quantitative estimate of drug-likeness (QED) is 0.677. The number of hydrogen-bond acceptors (Lipinski definition) is 2. The lowest BCUT2D eigenvalue weighted by atomic mass is 9.95. The Morgan fingerprint density at radius 3 is 2.07 bits per heavy atom. The third-order valence-electron chi connectivity index (χ3n) is 2.75. The van der Waals surface area contributed by atoms with Crippen molar-refractivity contribution in [3.05, 3.63) is 0 Å². The third-order valence-corrected chi connectivity index (χ3v) is 2.75. The van der Waals surface area contributed by atoms with Crippen LogP contribution in [-0.2, 0) is 4.74 Å². The Balaban J connectivity index is 2.71. The zero-order valence-corrected chi connectivity index (χ0v) is 10.3. The summed E-state index contributed by atoms with van der Waals surface area (Å²) in [7, 11) is 6.44. The summed E-state index contributed by atoms with van der Waals surface area (Å²) in [6, 6.07) is 0. The molecule has 1 aliphatic rings. The SMILES string of the molecule is CC1(C[N+](C)(C)C)CC(O)C(C)(C)O1. The molecular formula is C11H24NO2+. The molecule has 1 fully saturated rings. The summed E-state index contributed by atoms with van der Waals surface area (Å²) in [5.74, 6) is 0. The molecule has 0 bridgehead atoms. The first kappa shape index (κ1) is 12.0. The van der Waals surface area contributed by atoms with Crippen LogP contribution in [0.2, 0.25) is 0 Å². The van der Waals surface area contributed by atoms with Gasteiger partial charge in [0.25, 0.3) is 0 Å². The molecule has 0 aliphatic carbocycles. The molecule has 3 nitrogen and oxygen atoms in total. The normalized spacial score (nSPS) is 37.5. The maximum Gasteiger partial charge on any atom is 0.117 e. The fourth-order valence-corrected chi connectivity index (χ4v) is 2.50. The highest BCUT2D eigenvalue weighted by atomic mass is 16.5. The van der Waals surface area contributed by atoms with Crippen LogP contribution < -0.4 is 0 Å². The van der Waals surface area contributed by atoms with Crippen LogP contribution in [0.1, 0.15) is 27.2 Å². The van der Waals surface area contributed by atoms with Crippen LogP contribution in [0.25, 0.3) is 0 Å². The second-order valence-corrected chi connectivity index (χ2v) is 6.32. The Bertz CT molecular complexity index is 216. The minimum absolute atomic E-state index is 0.193. The third kappa shape index (κ3) is 2.69. The van der Waals surface area contributed by atoms with Gasteiger partial charge in [-0.15, -0.1) is 0 Å². The topological polar surface area (TPSA) is 29.5 Å². The summed E-state index contributed by atoms with van der Waals surface area (Å²) in [5.41, 5.74) is -0.592. The predicted octanol–water partition coefficient (Wildman–Crippen LogP) is 1.01. The lowest BCUT2D eigenvalue weighted by molar-refractivity contribution is -0.876. The van der Waals surface area contributed by atoms with Crippen LogP contribution in [-0.4, -0.2) is 54.6 Å². The number of aliphatic hydroxyl groups is 1. The number of quaternary nitrogens is 1. The largest absolute Gasteiger partial charge is 0.390 e. The van der Waals surface area contributed by atoms with Gasteiger partial charge in [0.1, 0.15) is 12.1 Å². The molecule has 1 aliphatic heterocycles. The highest BCUT2D eigenvalue weighted by Gasteiger charge is 2.49. The van der Waals surface area contributed by atoms with E-state index in [-0.39, 0.29) is 11.7 Å². The zero-order valence-electron chi connectivity index (χ0n) is 10.3. The fourth-order valence-electron chi connectivity index (χ4n) is 2.50. The molecule has 2 unspecified atom stereocenters. The highest BCUT2D eigenvalue weighted by Crippen LogP contribution is 2.38. The Hall–Kier alpha value is -0.120. The number of nitrogens with zero attached hydrogens (tertiary/aromatic N) is 1. The Labute approximate surface area is 87.3 Å². The molecule has 3 heteroatoms. The highest BCUT2D eigenvalue weighted by molar-refractivity contribution is 4.96. The van der Waals surface area contributed by atoms with Crippen molar-refractivity contribution in [3.63, 3.8) is 0 Å². The van der Waals surface area contributed by atoms with E-state index in [1.807, 2.05) is 13.8 Å². The van der Waals surface area contributed by atoms with Crippen LogP contribution in [0, 0.1) is 0 Å². The van der Waals surface area contributed by atoms with Crippen LogP contribution in [0.3, 0.4) is 0 Å². The van der Waals surface area contributed by atoms with Crippen molar-refractivity contribution >= 4 is 0 Å². The molecule has 14 heavy (non-hydrogen) atoms. The lowest BCUT2D eigenvalue weighted by Gasteiger charge is -2.34. The second kappa shape index (κ2) is 3.19. The average Bonchev–Trinajstić information content (AvgIpc) is 1.94. The Kier molecular flexibility index (Phi) is 2.72. The molecule has 84 valence electrons. The number of hydrogen-bond donors (Lipinski definition) is 1. The monoisotopic (exact) mass is 202 g/mol. The van der Waals surface area contributed by atoms with Gasteiger partial charge >= 0.3 is 0 Å². The smallest absolute Gasteiger partial charge is 0.117 e. The molecule has 0 radical (unpaired) electrons. The summed E-state index contributed by atoms with van der Waals surface area (Å²) < 4.78 is 6.82. The average molecular weight is 202 g/mol. The molecule has 0 aromatic rings. The molecule has 0 aromatic heterocycles. The maximum absolute atomic E-state index is 9.86. The maximum atomic E-state index is 9.86. The second-order valence-electron chi connectivity index (χ2n) is 6.32. The van der Waals surface area contributed by atoms with Crippen molar-refractivity contribution in [3.8, 4) is 0 Å². The van der Waals surface area contributed by atoms with Gasteiger partial charge < -0.3 is 14.3 Å².